The maximum atomic E-state index is 12.1. The summed E-state index contributed by atoms with van der Waals surface area (Å²) in [6.45, 7) is 1.90. The lowest BCUT2D eigenvalue weighted by molar-refractivity contribution is -0.116. The third-order valence-corrected chi connectivity index (χ3v) is 3.43. The molecule has 0 radical (unpaired) electrons. The number of amides is 1. The highest BCUT2D eigenvalue weighted by atomic mass is 35.5. The van der Waals surface area contributed by atoms with Crippen molar-refractivity contribution < 1.29 is 4.79 Å². The Hall–Kier alpha value is -1.84. The minimum Gasteiger partial charge on any atom is -0.324 e. The Balaban J connectivity index is 2.03. The van der Waals surface area contributed by atoms with Crippen molar-refractivity contribution >= 4 is 23.2 Å². The van der Waals surface area contributed by atoms with Gasteiger partial charge in [-0.15, -0.1) is 0 Å². The molecule has 0 aliphatic heterocycles. The van der Waals surface area contributed by atoms with Crippen molar-refractivity contribution in [2.24, 2.45) is 5.73 Å². The summed E-state index contributed by atoms with van der Waals surface area (Å²) in [5.41, 5.74) is 8.56. The quantitative estimate of drug-likeness (QED) is 0.902. The van der Waals surface area contributed by atoms with Crippen LogP contribution in [0.2, 0.25) is 5.02 Å². The molecule has 1 amide bonds. The average molecular weight is 289 g/mol. The highest BCUT2D eigenvalue weighted by Gasteiger charge is 2.13. The Kier molecular flexibility index (Phi) is 4.77. The molecule has 0 heterocycles. The number of benzene rings is 2. The third-order valence-electron chi connectivity index (χ3n) is 3.12. The molecule has 2 aromatic carbocycles. The predicted octanol–water partition coefficient (Wildman–Crippen LogP) is 3.68. The van der Waals surface area contributed by atoms with Crippen molar-refractivity contribution in [3.8, 4) is 0 Å². The van der Waals surface area contributed by atoms with Gasteiger partial charge in [-0.05, 0) is 24.1 Å². The lowest BCUT2D eigenvalue weighted by Crippen LogP contribution is -2.21. The van der Waals surface area contributed by atoms with Crippen LogP contribution < -0.4 is 11.1 Å². The summed E-state index contributed by atoms with van der Waals surface area (Å²) in [7, 11) is 0. The summed E-state index contributed by atoms with van der Waals surface area (Å²) in [4.78, 5) is 12.1. The number of nitrogens with one attached hydrogen (secondary N) is 1. The number of para-hydroxylation sites is 1. The molecule has 0 bridgehead atoms. The zero-order valence-corrected chi connectivity index (χ0v) is 12.0. The molecular weight excluding hydrogens is 272 g/mol. The van der Waals surface area contributed by atoms with Crippen molar-refractivity contribution in [3.63, 3.8) is 0 Å². The molecule has 1 atom stereocenters. The number of hydrogen-bond donors (Lipinski definition) is 2. The molecule has 104 valence electrons. The number of hydrogen-bond acceptors (Lipinski definition) is 2. The summed E-state index contributed by atoms with van der Waals surface area (Å²) >= 11 is 6.08. The van der Waals surface area contributed by atoms with Crippen LogP contribution in [0.25, 0.3) is 0 Å². The van der Waals surface area contributed by atoms with Gasteiger partial charge in [-0.1, -0.05) is 54.1 Å². The van der Waals surface area contributed by atoms with Gasteiger partial charge in [0, 0.05) is 12.5 Å². The Morgan fingerprint density at radius 3 is 2.55 bits per heavy atom. The number of nitrogens with two attached hydrogens (primary N) is 1. The van der Waals surface area contributed by atoms with Gasteiger partial charge in [0.05, 0.1) is 10.7 Å². The summed E-state index contributed by atoms with van der Waals surface area (Å²) in [6, 6.07) is 14.7. The van der Waals surface area contributed by atoms with Crippen molar-refractivity contribution in [3.05, 3.63) is 64.7 Å². The van der Waals surface area contributed by atoms with E-state index in [0.717, 1.165) is 11.1 Å². The van der Waals surface area contributed by atoms with Gasteiger partial charge in [0.15, 0.2) is 0 Å². The Morgan fingerprint density at radius 1 is 1.20 bits per heavy atom. The minimum absolute atomic E-state index is 0.141. The standard InChI is InChI=1S/C16H17ClN2O/c1-11-6-5-9-13(17)16(11)19-15(20)10-14(18)12-7-3-2-4-8-12/h2-9,14H,10,18H2,1H3,(H,19,20). The molecule has 3 nitrogen and oxygen atoms in total. The topological polar surface area (TPSA) is 55.1 Å². The predicted molar refractivity (Wildman–Crippen MR) is 82.8 cm³/mol. The van der Waals surface area contributed by atoms with E-state index in [-0.39, 0.29) is 18.4 Å². The molecule has 0 aliphatic rings. The second-order valence-electron chi connectivity index (χ2n) is 4.70. The Bertz CT molecular complexity index is 578. The fourth-order valence-corrected chi connectivity index (χ4v) is 2.27. The fourth-order valence-electron chi connectivity index (χ4n) is 2.00. The molecule has 0 saturated carbocycles. The van der Waals surface area contributed by atoms with Crippen LogP contribution >= 0.6 is 11.6 Å². The molecule has 0 fully saturated rings. The highest BCUT2D eigenvalue weighted by molar-refractivity contribution is 6.33. The first-order chi connectivity index (χ1) is 9.58. The molecule has 4 heteroatoms. The minimum atomic E-state index is -0.320. The van der Waals surface area contributed by atoms with Crippen LogP contribution in [0.4, 0.5) is 5.69 Å². The van der Waals surface area contributed by atoms with E-state index in [2.05, 4.69) is 5.32 Å². The zero-order chi connectivity index (χ0) is 14.5. The molecule has 2 aromatic rings. The van der Waals surface area contributed by atoms with E-state index in [4.69, 9.17) is 17.3 Å². The first-order valence-electron chi connectivity index (χ1n) is 6.43. The van der Waals surface area contributed by atoms with Crippen LogP contribution in [0.5, 0.6) is 0 Å². The first kappa shape index (κ1) is 14.6. The average Bonchev–Trinajstić information content (AvgIpc) is 2.44. The van der Waals surface area contributed by atoms with Crippen LogP contribution in [-0.4, -0.2) is 5.91 Å². The lowest BCUT2D eigenvalue weighted by Gasteiger charge is -2.14. The smallest absolute Gasteiger partial charge is 0.226 e. The number of anilines is 1. The number of carbonyl (C=O) groups is 1. The van der Waals surface area contributed by atoms with Crippen molar-refractivity contribution in [1.82, 2.24) is 0 Å². The van der Waals surface area contributed by atoms with Crippen LogP contribution in [0.15, 0.2) is 48.5 Å². The van der Waals surface area contributed by atoms with Gasteiger partial charge in [-0.2, -0.15) is 0 Å². The van der Waals surface area contributed by atoms with Crippen LogP contribution in [0.1, 0.15) is 23.6 Å². The summed E-state index contributed by atoms with van der Waals surface area (Å²) in [6.07, 6.45) is 0.217. The SMILES string of the molecule is Cc1cccc(Cl)c1NC(=O)CC(N)c1ccccc1. The third kappa shape index (κ3) is 3.59. The number of rotatable bonds is 4. The molecule has 2 rings (SSSR count). The molecule has 3 N–H and O–H groups in total. The van der Waals surface area contributed by atoms with E-state index in [1.807, 2.05) is 49.4 Å². The second kappa shape index (κ2) is 6.55. The van der Waals surface area contributed by atoms with Gasteiger partial charge in [0.2, 0.25) is 5.91 Å². The van der Waals surface area contributed by atoms with E-state index in [9.17, 15) is 4.79 Å². The molecule has 0 spiro atoms. The van der Waals surface area contributed by atoms with Gasteiger partial charge >= 0.3 is 0 Å². The summed E-state index contributed by atoms with van der Waals surface area (Å²) < 4.78 is 0. The van der Waals surface area contributed by atoms with Crippen molar-refractivity contribution in [2.75, 3.05) is 5.32 Å². The molecule has 0 aliphatic carbocycles. The van der Waals surface area contributed by atoms with Crippen molar-refractivity contribution in [1.29, 1.82) is 0 Å². The molecule has 0 saturated heterocycles. The van der Waals surface area contributed by atoms with Crippen LogP contribution in [0, 0.1) is 6.92 Å². The fraction of sp³-hybridized carbons (Fsp3) is 0.188. The van der Waals surface area contributed by atoms with Crippen LogP contribution in [0.3, 0.4) is 0 Å². The van der Waals surface area contributed by atoms with E-state index in [0.29, 0.717) is 10.7 Å². The normalized spacial score (nSPS) is 11.9. The number of aryl methyl sites for hydroxylation is 1. The van der Waals surface area contributed by atoms with Gasteiger partial charge in [0.1, 0.15) is 0 Å². The molecule has 0 aromatic heterocycles. The second-order valence-corrected chi connectivity index (χ2v) is 5.11. The molecular formula is C16H17ClN2O. The van der Waals surface area contributed by atoms with E-state index < -0.39 is 0 Å². The maximum absolute atomic E-state index is 12.1. The first-order valence-corrected chi connectivity index (χ1v) is 6.81. The van der Waals surface area contributed by atoms with E-state index in [1.165, 1.54) is 0 Å². The number of halogens is 1. The van der Waals surface area contributed by atoms with Gasteiger partial charge in [-0.25, -0.2) is 0 Å². The Labute approximate surface area is 123 Å². The summed E-state index contributed by atoms with van der Waals surface area (Å²) in [5.74, 6) is -0.141. The maximum Gasteiger partial charge on any atom is 0.226 e. The molecule has 20 heavy (non-hydrogen) atoms. The van der Waals surface area contributed by atoms with Crippen LogP contribution in [-0.2, 0) is 4.79 Å². The van der Waals surface area contributed by atoms with Gasteiger partial charge in [-0.3, -0.25) is 4.79 Å². The summed E-state index contributed by atoms with van der Waals surface area (Å²) in [5, 5.41) is 3.36. The van der Waals surface area contributed by atoms with Gasteiger partial charge in [0.25, 0.3) is 0 Å². The van der Waals surface area contributed by atoms with E-state index in [1.54, 1.807) is 6.07 Å². The zero-order valence-electron chi connectivity index (χ0n) is 11.3. The lowest BCUT2D eigenvalue weighted by atomic mass is 10.0. The van der Waals surface area contributed by atoms with Crippen molar-refractivity contribution in [2.45, 2.75) is 19.4 Å². The Morgan fingerprint density at radius 2 is 1.90 bits per heavy atom. The highest BCUT2D eigenvalue weighted by Crippen LogP contribution is 2.26. The van der Waals surface area contributed by atoms with E-state index >= 15 is 0 Å². The monoisotopic (exact) mass is 288 g/mol. The number of carbonyl (C=O) groups excluding carboxylic acids is 1. The van der Waals surface area contributed by atoms with Gasteiger partial charge < -0.3 is 11.1 Å². The molecule has 1 unspecified atom stereocenters. The largest absolute Gasteiger partial charge is 0.324 e.